The van der Waals surface area contributed by atoms with Crippen LogP contribution in [0.15, 0.2) is 39.9 Å². The molecule has 1 aliphatic heterocycles. The Bertz CT molecular complexity index is 676. The van der Waals surface area contributed by atoms with Crippen LogP contribution in [0.5, 0.6) is 0 Å². The number of anilines is 1. The van der Waals surface area contributed by atoms with Gasteiger partial charge in [-0.25, -0.2) is 0 Å². The molecular formula is C14H16BrN5. The minimum Gasteiger partial charge on any atom is -0.369 e. The maximum atomic E-state index is 6.09. The molecule has 0 aliphatic carbocycles. The third kappa shape index (κ3) is 2.00. The predicted octanol–water partition coefficient (Wildman–Crippen LogP) is 2.37. The highest BCUT2D eigenvalue weighted by Crippen LogP contribution is 2.36. The SMILES string of the molecule is Cc1c(C2CN=C(N)N2c2ccccc2Br)cnn1C. The first-order valence-corrected chi connectivity index (χ1v) is 7.21. The topological polar surface area (TPSA) is 59.4 Å². The molecule has 1 unspecified atom stereocenters. The molecule has 3 rings (SSSR count). The largest absolute Gasteiger partial charge is 0.369 e. The molecule has 0 saturated carbocycles. The van der Waals surface area contributed by atoms with Gasteiger partial charge >= 0.3 is 0 Å². The van der Waals surface area contributed by atoms with E-state index in [2.05, 4.69) is 37.8 Å². The van der Waals surface area contributed by atoms with Crippen LogP contribution < -0.4 is 10.6 Å². The first-order chi connectivity index (χ1) is 9.59. The van der Waals surface area contributed by atoms with Gasteiger partial charge in [-0.1, -0.05) is 12.1 Å². The fraction of sp³-hybridized carbons (Fsp3) is 0.286. The molecule has 1 aromatic heterocycles. The highest BCUT2D eigenvalue weighted by atomic mass is 79.9. The van der Waals surface area contributed by atoms with Crippen molar-refractivity contribution in [1.82, 2.24) is 9.78 Å². The second kappa shape index (κ2) is 4.94. The molecular weight excluding hydrogens is 318 g/mol. The lowest BCUT2D eigenvalue weighted by Gasteiger charge is -2.27. The van der Waals surface area contributed by atoms with Crippen molar-refractivity contribution in [3.63, 3.8) is 0 Å². The van der Waals surface area contributed by atoms with Crippen molar-refractivity contribution in [2.24, 2.45) is 17.8 Å². The molecule has 1 aromatic carbocycles. The number of aryl methyl sites for hydroxylation is 1. The zero-order valence-corrected chi connectivity index (χ0v) is 13.0. The number of guanidine groups is 1. The van der Waals surface area contributed by atoms with E-state index < -0.39 is 0 Å². The van der Waals surface area contributed by atoms with Crippen LogP contribution in [-0.4, -0.2) is 22.3 Å². The molecule has 2 N–H and O–H groups in total. The van der Waals surface area contributed by atoms with E-state index in [4.69, 9.17) is 5.73 Å². The van der Waals surface area contributed by atoms with Gasteiger partial charge in [-0.2, -0.15) is 5.10 Å². The first kappa shape index (κ1) is 13.2. The standard InChI is InChI=1S/C14H16BrN5/c1-9-10(7-18-19(9)2)13-8-17-14(16)20(13)12-6-4-3-5-11(12)15/h3-7,13H,8H2,1-2H3,(H2,16,17). The molecule has 5 nitrogen and oxygen atoms in total. The lowest BCUT2D eigenvalue weighted by molar-refractivity contribution is 0.722. The van der Waals surface area contributed by atoms with Crippen LogP contribution in [0.1, 0.15) is 17.3 Å². The summed E-state index contributed by atoms with van der Waals surface area (Å²) in [7, 11) is 1.95. The van der Waals surface area contributed by atoms with Gasteiger partial charge in [0.1, 0.15) is 0 Å². The van der Waals surface area contributed by atoms with E-state index >= 15 is 0 Å². The van der Waals surface area contributed by atoms with Gasteiger partial charge in [0.2, 0.25) is 0 Å². The highest BCUT2D eigenvalue weighted by molar-refractivity contribution is 9.10. The zero-order valence-electron chi connectivity index (χ0n) is 11.4. The smallest absolute Gasteiger partial charge is 0.196 e. The summed E-state index contributed by atoms with van der Waals surface area (Å²) in [5.41, 5.74) is 9.42. The Labute approximate surface area is 126 Å². The summed E-state index contributed by atoms with van der Waals surface area (Å²) >= 11 is 3.58. The van der Waals surface area contributed by atoms with E-state index in [1.54, 1.807) is 0 Å². The lowest BCUT2D eigenvalue weighted by atomic mass is 10.1. The number of hydrogen-bond acceptors (Lipinski definition) is 4. The third-order valence-electron chi connectivity index (χ3n) is 3.73. The van der Waals surface area contributed by atoms with Gasteiger partial charge < -0.3 is 10.6 Å². The van der Waals surface area contributed by atoms with Crippen LogP contribution in [0.2, 0.25) is 0 Å². The van der Waals surface area contributed by atoms with E-state index in [1.807, 2.05) is 42.2 Å². The first-order valence-electron chi connectivity index (χ1n) is 6.41. The second-order valence-electron chi connectivity index (χ2n) is 4.85. The van der Waals surface area contributed by atoms with Crippen LogP contribution in [0.4, 0.5) is 5.69 Å². The number of benzene rings is 1. The van der Waals surface area contributed by atoms with Gasteiger partial charge in [-0.15, -0.1) is 0 Å². The lowest BCUT2D eigenvalue weighted by Crippen LogP contribution is -2.36. The molecule has 1 atom stereocenters. The molecule has 20 heavy (non-hydrogen) atoms. The molecule has 2 heterocycles. The Morgan fingerprint density at radius 1 is 1.35 bits per heavy atom. The third-order valence-corrected chi connectivity index (χ3v) is 4.40. The van der Waals surface area contributed by atoms with Gasteiger partial charge in [0.05, 0.1) is 24.5 Å². The van der Waals surface area contributed by atoms with Crippen molar-refractivity contribution < 1.29 is 0 Å². The number of halogens is 1. The van der Waals surface area contributed by atoms with Crippen molar-refractivity contribution in [1.29, 1.82) is 0 Å². The van der Waals surface area contributed by atoms with Crippen molar-refractivity contribution in [3.05, 3.63) is 46.2 Å². The molecule has 2 aromatic rings. The fourth-order valence-corrected chi connectivity index (χ4v) is 2.99. The Balaban J connectivity index is 2.05. The minimum absolute atomic E-state index is 0.0994. The van der Waals surface area contributed by atoms with Crippen molar-refractivity contribution in [2.75, 3.05) is 11.4 Å². The normalized spacial score (nSPS) is 18.4. The summed E-state index contributed by atoms with van der Waals surface area (Å²) in [5.74, 6) is 0.546. The molecule has 0 radical (unpaired) electrons. The predicted molar refractivity (Wildman–Crippen MR) is 83.8 cm³/mol. The summed E-state index contributed by atoms with van der Waals surface area (Å²) in [4.78, 5) is 6.47. The minimum atomic E-state index is 0.0994. The van der Waals surface area contributed by atoms with Gasteiger partial charge in [0.15, 0.2) is 5.96 Å². The summed E-state index contributed by atoms with van der Waals surface area (Å²) in [6, 6.07) is 8.13. The van der Waals surface area contributed by atoms with E-state index in [9.17, 15) is 0 Å². The summed E-state index contributed by atoms with van der Waals surface area (Å²) in [5, 5.41) is 4.32. The molecule has 0 spiro atoms. The van der Waals surface area contributed by atoms with Crippen molar-refractivity contribution in [2.45, 2.75) is 13.0 Å². The van der Waals surface area contributed by atoms with Crippen molar-refractivity contribution in [3.8, 4) is 0 Å². The average Bonchev–Trinajstić information content (AvgIpc) is 2.95. The average molecular weight is 334 g/mol. The number of nitrogens with zero attached hydrogens (tertiary/aromatic N) is 4. The van der Waals surface area contributed by atoms with Crippen LogP contribution >= 0.6 is 15.9 Å². The molecule has 0 bridgehead atoms. The number of nitrogens with two attached hydrogens (primary N) is 1. The van der Waals surface area contributed by atoms with Crippen molar-refractivity contribution >= 4 is 27.6 Å². The number of para-hydroxylation sites is 1. The summed E-state index contributed by atoms with van der Waals surface area (Å²) < 4.78 is 2.88. The quantitative estimate of drug-likeness (QED) is 0.917. The Morgan fingerprint density at radius 3 is 2.75 bits per heavy atom. The molecule has 0 amide bonds. The van der Waals surface area contributed by atoms with Gasteiger partial charge in [-0.05, 0) is 35.0 Å². The van der Waals surface area contributed by atoms with Crippen LogP contribution in [-0.2, 0) is 7.05 Å². The zero-order chi connectivity index (χ0) is 14.3. The van der Waals surface area contributed by atoms with E-state index in [1.165, 1.54) is 0 Å². The molecule has 6 heteroatoms. The van der Waals surface area contributed by atoms with Crippen LogP contribution in [0.3, 0.4) is 0 Å². The number of aromatic nitrogens is 2. The highest BCUT2D eigenvalue weighted by Gasteiger charge is 2.32. The van der Waals surface area contributed by atoms with E-state index in [0.29, 0.717) is 12.5 Å². The summed E-state index contributed by atoms with van der Waals surface area (Å²) in [6.07, 6.45) is 1.90. The Kier molecular flexibility index (Phi) is 3.25. The molecule has 1 aliphatic rings. The monoisotopic (exact) mass is 333 g/mol. The van der Waals surface area contributed by atoms with E-state index in [0.717, 1.165) is 21.4 Å². The van der Waals surface area contributed by atoms with Crippen LogP contribution in [0.25, 0.3) is 0 Å². The summed E-state index contributed by atoms with van der Waals surface area (Å²) in [6.45, 7) is 2.72. The molecule has 0 saturated heterocycles. The number of hydrogen-bond donors (Lipinski definition) is 1. The van der Waals surface area contributed by atoms with Crippen LogP contribution in [0, 0.1) is 6.92 Å². The Morgan fingerprint density at radius 2 is 2.10 bits per heavy atom. The maximum absolute atomic E-state index is 6.09. The second-order valence-corrected chi connectivity index (χ2v) is 5.70. The molecule has 0 fully saturated rings. The van der Waals surface area contributed by atoms with Gasteiger partial charge in [0, 0.05) is 22.8 Å². The van der Waals surface area contributed by atoms with Gasteiger partial charge in [-0.3, -0.25) is 9.67 Å². The fourth-order valence-electron chi connectivity index (χ4n) is 2.52. The number of aliphatic imine (C=N–C) groups is 1. The number of rotatable bonds is 2. The molecule has 104 valence electrons. The van der Waals surface area contributed by atoms with Gasteiger partial charge in [0.25, 0.3) is 0 Å². The maximum Gasteiger partial charge on any atom is 0.196 e. The Hall–Kier alpha value is -1.82. The van der Waals surface area contributed by atoms with E-state index in [-0.39, 0.29) is 6.04 Å².